The number of nitrogens with zero attached hydrogens (tertiary/aromatic N) is 2. The minimum atomic E-state index is -0.551. The van der Waals surface area contributed by atoms with Crippen LogP contribution in [-0.4, -0.2) is 33.9 Å². The van der Waals surface area contributed by atoms with Crippen LogP contribution in [0.25, 0.3) is 0 Å². The van der Waals surface area contributed by atoms with Crippen LogP contribution in [0.3, 0.4) is 0 Å². The third kappa shape index (κ3) is 4.89. The maximum Gasteiger partial charge on any atom is 0.243 e. The molecule has 0 aliphatic rings. The number of rotatable bonds is 5. The third-order valence-corrected chi connectivity index (χ3v) is 2.87. The van der Waals surface area contributed by atoms with Crippen LogP contribution in [0.5, 0.6) is 0 Å². The molecule has 1 rings (SSSR count). The molecule has 0 aliphatic heterocycles. The Morgan fingerprint density at radius 2 is 2.35 bits per heavy atom. The van der Waals surface area contributed by atoms with Gasteiger partial charge in [-0.1, -0.05) is 11.6 Å². The number of hydrogen-bond acceptors (Lipinski definition) is 5. The Morgan fingerprint density at radius 3 is 2.94 bits per heavy atom. The zero-order valence-electron chi connectivity index (χ0n) is 9.74. The summed E-state index contributed by atoms with van der Waals surface area (Å²) >= 11 is 7.41. The molecule has 1 aromatic rings. The molecule has 17 heavy (non-hydrogen) atoms. The van der Waals surface area contributed by atoms with Gasteiger partial charge in [-0.05, 0) is 31.4 Å². The van der Waals surface area contributed by atoms with Crippen molar-refractivity contribution in [2.75, 3.05) is 17.3 Å². The number of halogens is 1. The molecule has 5 nitrogen and oxygen atoms in total. The first-order valence-corrected chi connectivity index (χ1v) is 6.86. The highest BCUT2D eigenvalue weighted by atomic mass is 35.5. The summed E-state index contributed by atoms with van der Waals surface area (Å²) in [5.41, 5.74) is 6.41. The quantitative estimate of drug-likeness (QED) is 0.795. The Labute approximate surface area is 110 Å². The van der Waals surface area contributed by atoms with Gasteiger partial charge in [0.2, 0.25) is 11.9 Å². The summed E-state index contributed by atoms with van der Waals surface area (Å²) in [4.78, 5) is 19.6. The first-order chi connectivity index (χ1) is 8.02. The molecule has 1 heterocycles. The Bertz CT molecular complexity index is 382. The molecule has 0 unspecified atom stereocenters. The summed E-state index contributed by atoms with van der Waals surface area (Å²) in [6.07, 6.45) is 2.58. The monoisotopic (exact) mass is 274 g/mol. The van der Waals surface area contributed by atoms with Gasteiger partial charge >= 0.3 is 0 Å². The summed E-state index contributed by atoms with van der Waals surface area (Å²) in [5, 5.41) is 2.85. The van der Waals surface area contributed by atoms with Crippen molar-refractivity contribution < 1.29 is 4.79 Å². The van der Waals surface area contributed by atoms with E-state index < -0.39 is 6.04 Å². The second kappa shape index (κ2) is 6.78. The summed E-state index contributed by atoms with van der Waals surface area (Å²) in [6, 6.07) is 1.07. The average Bonchev–Trinajstić information content (AvgIpc) is 2.24. The number of thioether (sulfide) groups is 1. The van der Waals surface area contributed by atoms with Crippen LogP contribution in [0.1, 0.15) is 12.1 Å². The first-order valence-electron chi connectivity index (χ1n) is 5.09. The number of aromatic nitrogens is 2. The van der Waals surface area contributed by atoms with Crippen molar-refractivity contribution in [3.63, 3.8) is 0 Å². The van der Waals surface area contributed by atoms with Crippen molar-refractivity contribution in [2.24, 2.45) is 5.73 Å². The number of hydrogen-bond donors (Lipinski definition) is 2. The van der Waals surface area contributed by atoms with E-state index in [0.29, 0.717) is 17.3 Å². The molecule has 0 spiro atoms. The van der Waals surface area contributed by atoms with E-state index in [1.807, 2.05) is 6.26 Å². The molecule has 1 amide bonds. The molecule has 0 fully saturated rings. The van der Waals surface area contributed by atoms with Gasteiger partial charge in [-0.3, -0.25) is 10.1 Å². The largest absolute Gasteiger partial charge is 0.320 e. The number of nitrogens with two attached hydrogens (primary N) is 1. The lowest BCUT2D eigenvalue weighted by Crippen LogP contribution is -2.36. The summed E-state index contributed by atoms with van der Waals surface area (Å²) < 4.78 is 0. The van der Waals surface area contributed by atoms with Gasteiger partial charge in [0.15, 0.2) is 0 Å². The normalized spacial score (nSPS) is 12.2. The highest BCUT2D eigenvalue weighted by Gasteiger charge is 2.14. The number of amides is 1. The van der Waals surface area contributed by atoms with Crippen LogP contribution >= 0.6 is 23.4 Å². The van der Waals surface area contributed by atoms with Crippen LogP contribution in [0.15, 0.2) is 6.07 Å². The van der Waals surface area contributed by atoms with Crippen LogP contribution in [0, 0.1) is 6.92 Å². The third-order valence-electron chi connectivity index (χ3n) is 2.03. The topological polar surface area (TPSA) is 80.9 Å². The molecule has 3 N–H and O–H groups in total. The summed E-state index contributed by atoms with van der Waals surface area (Å²) in [6.45, 7) is 1.77. The molecule has 0 aliphatic carbocycles. The first kappa shape index (κ1) is 14.2. The fraction of sp³-hybridized carbons (Fsp3) is 0.500. The van der Waals surface area contributed by atoms with E-state index in [-0.39, 0.29) is 11.9 Å². The zero-order valence-corrected chi connectivity index (χ0v) is 11.3. The van der Waals surface area contributed by atoms with E-state index in [9.17, 15) is 4.79 Å². The zero-order chi connectivity index (χ0) is 12.8. The second-order valence-corrected chi connectivity index (χ2v) is 4.91. The van der Waals surface area contributed by atoms with Crippen LogP contribution < -0.4 is 11.1 Å². The maximum atomic E-state index is 11.7. The van der Waals surface area contributed by atoms with Gasteiger partial charge < -0.3 is 5.73 Å². The Balaban J connectivity index is 2.61. The number of aryl methyl sites for hydroxylation is 1. The highest BCUT2D eigenvalue weighted by Crippen LogP contribution is 2.10. The molecule has 0 aromatic carbocycles. The molecule has 1 aromatic heterocycles. The minimum absolute atomic E-state index is 0.194. The average molecular weight is 275 g/mol. The summed E-state index contributed by atoms with van der Waals surface area (Å²) in [5.74, 6) is 0.740. The van der Waals surface area contributed by atoms with Crippen molar-refractivity contribution >= 4 is 35.2 Å². The molecule has 94 valence electrons. The molecule has 7 heteroatoms. The van der Waals surface area contributed by atoms with Crippen molar-refractivity contribution in [1.82, 2.24) is 9.97 Å². The molecule has 1 atom stereocenters. The lowest BCUT2D eigenvalue weighted by Gasteiger charge is -2.10. The van der Waals surface area contributed by atoms with Crippen LogP contribution in [0.2, 0.25) is 5.15 Å². The SMILES string of the molecule is CSCC[C@H](N)C(=O)Nc1nc(C)cc(Cl)n1. The fourth-order valence-electron chi connectivity index (χ4n) is 1.16. The van der Waals surface area contributed by atoms with Crippen molar-refractivity contribution in [2.45, 2.75) is 19.4 Å². The molecule has 0 saturated carbocycles. The predicted octanol–water partition coefficient (Wildman–Crippen LogP) is 1.46. The molecular weight excluding hydrogens is 260 g/mol. The van der Waals surface area contributed by atoms with Crippen molar-refractivity contribution in [3.05, 3.63) is 16.9 Å². The van der Waals surface area contributed by atoms with E-state index in [1.165, 1.54) is 0 Å². The predicted molar refractivity (Wildman–Crippen MR) is 71.4 cm³/mol. The van der Waals surface area contributed by atoms with E-state index in [2.05, 4.69) is 15.3 Å². The number of anilines is 1. The Hall–Kier alpha value is -0.850. The van der Waals surface area contributed by atoms with Crippen molar-refractivity contribution in [3.8, 4) is 0 Å². The van der Waals surface area contributed by atoms with Crippen molar-refractivity contribution in [1.29, 1.82) is 0 Å². The lowest BCUT2D eigenvalue weighted by molar-refractivity contribution is -0.117. The second-order valence-electron chi connectivity index (χ2n) is 3.53. The maximum absolute atomic E-state index is 11.7. The van der Waals surface area contributed by atoms with Gasteiger partial charge in [0.1, 0.15) is 5.15 Å². The highest BCUT2D eigenvalue weighted by molar-refractivity contribution is 7.98. The van der Waals surface area contributed by atoms with E-state index >= 15 is 0 Å². The number of carbonyl (C=O) groups excluding carboxylic acids is 1. The van der Waals surface area contributed by atoms with Crippen LogP contribution in [-0.2, 0) is 4.79 Å². The van der Waals surface area contributed by atoms with Gasteiger partial charge in [-0.25, -0.2) is 9.97 Å². The Morgan fingerprint density at radius 1 is 1.65 bits per heavy atom. The van der Waals surface area contributed by atoms with Crippen LogP contribution in [0.4, 0.5) is 5.95 Å². The smallest absolute Gasteiger partial charge is 0.243 e. The minimum Gasteiger partial charge on any atom is -0.320 e. The molecule has 0 saturated heterocycles. The lowest BCUT2D eigenvalue weighted by atomic mass is 10.2. The van der Waals surface area contributed by atoms with Gasteiger partial charge in [0.25, 0.3) is 0 Å². The number of carbonyl (C=O) groups is 1. The van der Waals surface area contributed by atoms with E-state index in [0.717, 1.165) is 5.75 Å². The van der Waals surface area contributed by atoms with Gasteiger partial charge in [0, 0.05) is 5.69 Å². The number of nitrogens with one attached hydrogen (secondary N) is 1. The summed E-state index contributed by atoms with van der Waals surface area (Å²) in [7, 11) is 0. The van der Waals surface area contributed by atoms with E-state index in [4.69, 9.17) is 17.3 Å². The molecule has 0 bridgehead atoms. The fourth-order valence-corrected chi connectivity index (χ4v) is 1.89. The standard InChI is InChI=1S/C10H15ClN4OS/c1-6-5-8(11)14-10(13-6)15-9(16)7(12)3-4-17-2/h5,7H,3-4,12H2,1-2H3,(H,13,14,15,16)/t7-/m0/s1. The van der Waals surface area contributed by atoms with Gasteiger partial charge in [-0.15, -0.1) is 0 Å². The van der Waals surface area contributed by atoms with Gasteiger partial charge in [-0.2, -0.15) is 11.8 Å². The van der Waals surface area contributed by atoms with E-state index in [1.54, 1.807) is 24.8 Å². The van der Waals surface area contributed by atoms with Gasteiger partial charge in [0.05, 0.1) is 6.04 Å². The molecular formula is C10H15ClN4OS. The molecule has 0 radical (unpaired) electrons. The Kier molecular flexibility index (Phi) is 5.67.